The van der Waals surface area contributed by atoms with Crippen molar-refractivity contribution in [1.29, 1.82) is 0 Å². The molecular formula is C6H2BrFNO3-. The standard InChI is InChI=1S/C6H3BrFNO3/c7-3-1-4(8)6(10)5(2-3)9(11)12/h1-2,10H/p-1. The molecule has 0 saturated heterocycles. The van der Waals surface area contributed by atoms with Crippen LogP contribution in [0.15, 0.2) is 16.6 Å². The highest BCUT2D eigenvalue weighted by Crippen LogP contribution is 2.29. The Morgan fingerprint density at radius 1 is 1.50 bits per heavy atom. The number of rotatable bonds is 1. The molecule has 0 unspecified atom stereocenters. The first-order chi connectivity index (χ1) is 5.52. The molecule has 1 rings (SSSR count). The monoisotopic (exact) mass is 234 g/mol. The lowest BCUT2D eigenvalue weighted by Crippen LogP contribution is -2.00. The molecule has 12 heavy (non-hydrogen) atoms. The molecule has 0 bridgehead atoms. The zero-order valence-electron chi connectivity index (χ0n) is 5.58. The molecule has 0 aliphatic heterocycles. The minimum atomic E-state index is -1.19. The second-order valence-corrected chi connectivity index (χ2v) is 2.91. The van der Waals surface area contributed by atoms with Gasteiger partial charge in [0.1, 0.15) is 5.82 Å². The minimum absolute atomic E-state index is 0.173. The van der Waals surface area contributed by atoms with E-state index in [1.807, 2.05) is 0 Å². The van der Waals surface area contributed by atoms with Gasteiger partial charge in [0.15, 0.2) is 0 Å². The lowest BCUT2D eigenvalue weighted by molar-refractivity contribution is -0.399. The van der Waals surface area contributed by atoms with E-state index in [-0.39, 0.29) is 4.47 Å². The largest absolute Gasteiger partial charge is 0.866 e. The van der Waals surface area contributed by atoms with Crippen LogP contribution in [0.4, 0.5) is 10.1 Å². The van der Waals surface area contributed by atoms with Crippen molar-refractivity contribution < 1.29 is 14.4 Å². The van der Waals surface area contributed by atoms with Gasteiger partial charge in [-0.1, -0.05) is 15.9 Å². The maximum absolute atomic E-state index is 12.6. The topological polar surface area (TPSA) is 66.2 Å². The fourth-order valence-corrected chi connectivity index (χ4v) is 1.10. The van der Waals surface area contributed by atoms with Gasteiger partial charge in [0.05, 0.1) is 4.92 Å². The first kappa shape index (κ1) is 8.92. The molecule has 0 amide bonds. The van der Waals surface area contributed by atoms with Crippen LogP contribution in [0.2, 0.25) is 0 Å². The fourth-order valence-electron chi connectivity index (χ4n) is 0.682. The molecule has 1 aromatic carbocycles. The quantitative estimate of drug-likeness (QED) is 0.548. The molecule has 0 spiro atoms. The van der Waals surface area contributed by atoms with Gasteiger partial charge in [-0.2, -0.15) is 0 Å². The molecule has 0 heterocycles. The van der Waals surface area contributed by atoms with Crippen LogP contribution >= 0.6 is 15.9 Å². The van der Waals surface area contributed by atoms with E-state index in [1.165, 1.54) is 0 Å². The van der Waals surface area contributed by atoms with E-state index in [0.717, 1.165) is 12.1 Å². The Balaban J connectivity index is 3.37. The van der Waals surface area contributed by atoms with E-state index >= 15 is 0 Å². The highest BCUT2D eigenvalue weighted by Gasteiger charge is 2.11. The van der Waals surface area contributed by atoms with Gasteiger partial charge in [-0.3, -0.25) is 10.1 Å². The molecule has 1 aromatic rings. The van der Waals surface area contributed by atoms with Crippen molar-refractivity contribution >= 4 is 21.6 Å². The van der Waals surface area contributed by atoms with Crippen molar-refractivity contribution in [2.75, 3.05) is 0 Å². The average molecular weight is 235 g/mol. The number of benzene rings is 1. The maximum atomic E-state index is 12.6. The molecule has 6 heteroatoms. The number of nitro benzene ring substituents is 1. The van der Waals surface area contributed by atoms with Gasteiger partial charge in [-0.15, -0.1) is 0 Å². The summed E-state index contributed by atoms with van der Waals surface area (Å²) in [5, 5.41) is 20.9. The van der Waals surface area contributed by atoms with Crippen molar-refractivity contribution in [3.63, 3.8) is 0 Å². The second kappa shape index (κ2) is 3.06. The zero-order valence-corrected chi connectivity index (χ0v) is 7.17. The van der Waals surface area contributed by atoms with Gasteiger partial charge in [-0.05, 0) is 6.07 Å². The molecular weight excluding hydrogens is 233 g/mol. The van der Waals surface area contributed by atoms with Crippen molar-refractivity contribution in [2.24, 2.45) is 0 Å². The Morgan fingerprint density at radius 2 is 2.08 bits per heavy atom. The molecule has 0 aromatic heterocycles. The summed E-state index contributed by atoms with van der Waals surface area (Å²) >= 11 is 2.83. The van der Waals surface area contributed by atoms with Crippen LogP contribution in [-0.2, 0) is 0 Å². The highest BCUT2D eigenvalue weighted by molar-refractivity contribution is 9.10. The maximum Gasteiger partial charge on any atom is 0.265 e. The van der Waals surface area contributed by atoms with Crippen molar-refractivity contribution in [2.45, 2.75) is 0 Å². The zero-order chi connectivity index (χ0) is 9.30. The van der Waals surface area contributed by atoms with E-state index < -0.39 is 22.2 Å². The molecule has 0 saturated carbocycles. The van der Waals surface area contributed by atoms with Gasteiger partial charge >= 0.3 is 0 Å². The Kier molecular flexibility index (Phi) is 2.27. The number of hydrogen-bond donors (Lipinski definition) is 0. The van der Waals surface area contributed by atoms with E-state index in [1.54, 1.807) is 0 Å². The Labute approximate surface area is 74.9 Å². The van der Waals surface area contributed by atoms with Crippen molar-refractivity contribution in [1.82, 2.24) is 0 Å². The molecule has 0 fully saturated rings. The molecule has 0 radical (unpaired) electrons. The van der Waals surface area contributed by atoms with Crippen molar-refractivity contribution in [3.05, 3.63) is 32.5 Å². The molecule has 0 atom stereocenters. The van der Waals surface area contributed by atoms with Gasteiger partial charge in [0.2, 0.25) is 0 Å². The van der Waals surface area contributed by atoms with Gasteiger partial charge in [0.25, 0.3) is 5.69 Å². The second-order valence-electron chi connectivity index (χ2n) is 1.99. The molecule has 64 valence electrons. The number of nitrogens with zero attached hydrogens (tertiary/aromatic N) is 1. The van der Waals surface area contributed by atoms with Gasteiger partial charge in [-0.25, -0.2) is 4.39 Å². The molecule has 4 nitrogen and oxygen atoms in total. The van der Waals surface area contributed by atoms with Crippen molar-refractivity contribution in [3.8, 4) is 5.75 Å². The van der Waals surface area contributed by atoms with Crippen LogP contribution < -0.4 is 5.11 Å². The summed E-state index contributed by atoms with van der Waals surface area (Å²) in [6.45, 7) is 0. The van der Waals surface area contributed by atoms with Crippen LogP contribution in [0, 0.1) is 15.9 Å². The summed E-state index contributed by atoms with van der Waals surface area (Å²) in [6, 6.07) is 1.85. The number of hydrogen-bond acceptors (Lipinski definition) is 3. The number of nitro groups is 1. The summed E-state index contributed by atoms with van der Waals surface area (Å²) in [5.74, 6) is -2.32. The van der Waals surface area contributed by atoms with E-state index in [0.29, 0.717) is 0 Å². The summed E-state index contributed by atoms with van der Waals surface area (Å²) in [5.41, 5.74) is -0.762. The smallest absolute Gasteiger partial charge is 0.265 e. The predicted molar refractivity (Wildman–Crippen MR) is 40.2 cm³/mol. The van der Waals surface area contributed by atoms with Crippen LogP contribution in [-0.4, -0.2) is 4.92 Å². The van der Waals surface area contributed by atoms with Gasteiger partial charge < -0.3 is 5.11 Å². The molecule has 0 N–H and O–H groups in total. The van der Waals surface area contributed by atoms with Gasteiger partial charge in [0, 0.05) is 16.3 Å². The third kappa shape index (κ3) is 1.53. The predicted octanol–water partition coefficient (Wildman–Crippen LogP) is 1.57. The van der Waals surface area contributed by atoms with Crippen LogP contribution in [0.25, 0.3) is 0 Å². The normalized spacial score (nSPS) is 9.83. The Morgan fingerprint density at radius 3 is 2.58 bits per heavy atom. The summed E-state index contributed by atoms with van der Waals surface area (Å²) in [7, 11) is 0. The highest BCUT2D eigenvalue weighted by atomic mass is 79.9. The van der Waals surface area contributed by atoms with Crippen LogP contribution in [0.3, 0.4) is 0 Å². The number of halogens is 2. The summed E-state index contributed by atoms with van der Waals surface area (Å²) in [4.78, 5) is 9.22. The first-order valence-corrected chi connectivity index (χ1v) is 3.62. The summed E-state index contributed by atoms with van der Waals surface area (Å²) in [6.07, 6.45) is 0. The van der Waals surface area contributed by atoms with E-state index in [2.05, 4.69) is 15.9 Å². The van der Waals surface area contributed by atoms with Crippen LogP contribution in [0.5, 0.6) is 5.75 Å². The van der Waals surface area contributed by atoms with Crippen LogP contribution in [0.1, 0.15) is 0 Å². The Hall–Kier alpha value is -1.17. The average Bonchev–Trinajstić information content (AvgIpc) is 1.96. The SMILES string of the molecule is O=[N+]([O-])c1cc(Br)cc(F)c1[O-]. The lowest BCUT2D eigenvalue weighted by atomic mass is 10.3. The third-order valence-electron chi connectivity index (χ3n) is 1.19. The fraction of sp³-hybridized carbons (Fsp3) is 0. The summed E-state index contributed by atoms with van der Waals surface area (Å²) < 4.78 is 12.7. The first-order valence-electron chi connectivity index (χ1n) is 2.83. The minimum Gasteiger partial charge on any atom is -0.866 e. The molecule has 0 aliphatic carbocycles. The third-order valence-corrected chi connectivity index (χ3v) is 1.64. The van der Waals surface area contributed by atoms with E-state index in [9.17, 15) is 19.6 Å². The van der Waals surface area contributed by atoms with E-state index in [4.69, 9.17) is 0 Å². The Bertz CT molecular complexity index is 342. The lowest BCUT2D eigenvalue weighted by Gasteiger charge is -2.07. The molecule has 0 aliphatic rings.